The van der Waals surface area contributed by atoms with Crippen LogP contribution in [0.4, 0.5) is 5.69 Å². The van der Waals surface area contributed by atoms with Crippen molar-refractivity contribution >= 4 is 17.3 Å². The van der Waals surface area contributed by atoms with E-state index >= 15 is 0 Å². The van der Waals surface area contributed by atoms with Gasteiger partial charge in [-0.05, 0) is 44.5 Å². The number of nitrogens with two attached hydrogens (primary N) is 1. The van der Waals surface area contributed by atoms with Crippen LogP contribution in [0.2, 0.25) is 5.02 Å². The van der Waals surface area contributed by atoms with E-state index in [2.05, 4.69) is 31.9 Å². The predicted molar refractivity (Wildman–Crippen MR) is 67.7 cm³/mol. The van der Waals surface area contributed by atoms with Crippen LogP contribution in [0.25, 0.3) is 0 Å². The summed E-state index contributed by atoms with van der Waals surface area (Å²) in [6.45, 7) is 4.99. The van der Waals surface area contributed by atoms with Crippen LogP contribution in [0.1, 0.15) is 19.4 Å². The third-order valence-electron chi connectivity index (χ3n) is 2.62. The Morgan fingerprint density at radius 3 is 2.60 bits per heavy atom. The van der Waals surface area contributed by atoms with Gasteiger partial charge in [0.2, 0.25) is 0 Å². The van der Waals surface area contributed by atoms with Gasteiger partial charge in [0, 0.05) is 23.8 Å². The molecule has 2 N–H and O–H groups in total. The summed E-state index contributed by atoms with van der Waals surface area (Å²) in [5, 5.41) is 0.776. The number of anilines is 1. The Bertz CT molecular complexity index is 323. The van der Waals surface area contributed by atoms with Gasteiger partial charge in [0.1, 0.15) is 0 Å². The molecule has 0 aliphatic carbocycles. The van der Waals surface area contributed by atoms with Crippen molar-refractivity contribution < 1.29 is 0 Å². The van der Waals surface area contributed by atoms with Gasteiger partial charge in [0.25, 0.3) is 0 Å². The van der Waals surface area contributed by atoms with Crippen molar-refractivity contribution in [2.24, 2.45) is 5.73 Å². The molecule has 0 fully saturated rings. The summed E-state index contributed by atoms with van der Waals surface area (Å²) in [5.41, 5.74) is 8.04. The van der Waals surface area contributed by atoms with E-state index in [4.69, 9.17) is 17.3 Å². The first-order valence-electron chi connectivity index (χ1n) is 5.27. The fourth-order valence-electron chi connectivity index (χ4n) is 1.51. The number of halogens is 1. The van der Waals surface area contributed by atoms with Crippen LogP contribution in [-0.4, -0.2) is 19.6 Å². The predicted octanol–water partition coefficient (Wildman–Crippen LogP) is 2.69. The van der Waals surface area contributed by atoms with Gasteiger partial charge < -0.3 is 10.6 Å². The second-order valence-corrected chi connectivity index (χ2v) is 4.45. The third-order valence-corrected chi connectivity index (χ3v) is 2.85. The van der Waals surface area contributed by atoms with Crippen LogP contribution in [0.15, 0.2) is 18.2 Å². The van der Waals surface area contributed by atoms with Crippen LogP contribution >= 0.6 is 11.6 Å². The van der Waals surface area contributed by atoms with Crippen LogP contribution < -0.4 is 10.6 Å². The molecule has 0 atom stereocenters. The molecular formula is C12H19ClN2. The summed E-state index contributed by atoms with van der Waals surface area (Å²) in [5.74, 6) is 0. The second kappa shape index (κ2) is 5.38. The standard InChI is InChI=1S/C12H19ClN2/c1-9(2)15(3)12-8-11(13)5-4-10(12)6-7-14/h4-5,8-9H,6-7,14H2,1-3H3. The van der Waals surface area contributed by atoms with E-state index in [0.29, 0.717) is 12.6 Å². The van der Waals surface area contributed by atoms with Gasteiger partial charge in [-0.3, -0.25) is 0 Å². The molecule has 0 spiro atoms. The highest BCUT2D eigenvalue weighted by molar-refractivity contribution is 6.30. The van der Waals surface area contributed by atoms with Crippen LogP contribution in [0, 0.1) is 0 Å². The molecule has 84 valence electrons. The molecule has 0 unspecified atom stereocenters. The average Bonchev–Trinajstić information content (AvgIpc) is 2.20. The Morgan fingerprint density at radius 1 is 1.40 bits per heavy atom. The van der Waals surface area contributed by atoms with E-state index in [-0.39, 0.29) is 0 Å². The van der Waals surface area contributed by atoms with Gasteiger partial charge in [-0.15, -0.1) is 0 Å². The van der Waals surface area contributed by atoms with E-state index in [9.17, 15) is 0 Å². The van der Waals surface area contributed by atoms with Crippen molar-refractivity contribution in [3.05, 3.63) is 28.8 Å². The molecule has 0 aliphatic heterocycles. The maximum absolute atomic E-state index is 6.01. The molecule has 0 aromatic heterocycles. The molecule has 15 heavy (non-hydrogen) atoms. The number of hydrogen-bond donors (Lipinski definition) is 1. The maximum Gasteiger partial charge on any atom is 0.0426 e. The first-order valence-corrected chi connectivity index (χ1v) is 5.65. The van der Waals surface area contributed by atoms with E-state index in [1.54, 1.807) is 0 Å². The molecule has 0 amide bonds. The van der Waals surface area contributed by atoms with Crippen molar-refractivity contribution in [2.45, 2.75) is 26.3 Å². The molecule has 0 saturated carbocycles. The maximum atomic E-state index is 6.01. The van der Waals surface area contributed by atoms with Crippen molar-refractivity contribution in [1.29, 1.82) is 0 Å². The summed E-state index contributed by atoms with van der Waals surface area (Å²) < 4.78 is 0. The van der Waals surface area contributed by atoms with Gasteiger partial charge in [-0.1, -0.05) is 17.7 Å². The Morgan fingerprint density at radius 2 is 2.07 bits per heavy atom. The zero-order valence-electron chi connectivity index (χ0n) is 9.63. The second-order valence-electron chi connectivity index (χ2n) is 4.02. The lowest BCUT2D eigenvalue weighted by molar-refractivity contribution is 0.748. The smallest absolute Gasteiger partial charge is 0.0426 e. The Balaban J connectivity index is 3.06. The van der Waals surface area contributed by atoms with Crippen LogP contribution in [0.5, 0.6) is 0 Å². The highest BCUT2D eigenvalue weighted by Crippen LogP contribution is 2.25. The van der Waals surface area contributed by atoms with Crippen LogP contribution in [-0.2, 0) is 6.42 Å². The Labute approximate surface area is 97.0 Å². The monoisotopic (exact) mass is 226 g/mol. The summed E-state index contributed by atoms with van der Waals surface area (Å²) in [6, 6.07) is 6.44. The number of nitrogens with zero attached hydrogens (tertiary/aromatic N) is 1. The largest absolute Gasteiger partial charge is 0.372 e. The van der Waals surface area contributed by atoms with Crippen LogP contribution in [0.3, 0.4) is 0 Å². The zero-order chi connectivity index (χ0) is 11.4. The van der Waals surface area contributed by atoms with Crippen molar-refractivity contribution in [2.75, 3.05) is 18.5 Å². The summed E-state index contributed by atoms with van der Waals surface area (Å²) in [4.78, 5) is 2.22. The highest BCUT2D eigenvalue weighted by Gasteiger charge is 2.10. The lowest BCUT2D eigenvalue weighted by Crippen LogP contribution is -2.27. The molecule has 0 bridgehead atoms. The summed E-state index contributed by atoms with van der Waals surface area (Å²) in [7, 11) is 2.08. The third kappa shape index (κ3) is 3.11. The molecular weight excluding hydrogens is 208 g/mol. The van der Waals surface area contributed by atoms with Gasteiger partial charge in [0.15, 0.2) is 0 Å². The van der Waals surface area contributed by atoms with E-state index in [0.717, 1.165) is 11.4 Å². The topological polar surface area (TPSA) is 29.3 Å². The normalized spacial score (nSPS) is 10.8. The van der Waals surface area contributed by atoms with Crippen molar-refractivity contribution in [3.8, 4) is 0 Å². The molecule has 1 aromatic carbocycles. The molecule has 0 heterocycles. The Hall–Kier alpha value is -0.730. The van der Waals surface area contributed by atoms with Crippen molar-refractivity contribution in [3.63, 3.8) is 0 Å². The molecule has 0 radical (unpaired) electrons. The number of benzene rings is 1. The quantitative estimate of drug-likeness (QED) is 0.856. The minimum atomic E-state index is 0.458. The van der Waals surface area contributed by atoms with E-state index in [1.807, 2.05) is 12.1 Å². The SMILES string of the molecule is CC(C)N(C)c1cc(Cl)ccc1CCN. The Kier molecular flexibility index (Phi) is 4.43. The minimum Gasteiger partial charge on any atom is -0.372 e. The fourth-order valence-corrected chi connectivity index (χ4v) is 1.68. The zero-order valence-corrected chi connectivity index (χ0v) is 10.4. The van der Waals surface area contributed by atoms with Gasteiger partial charge in [-0.2, -0.15) is 0 Å². The highest BCUT2D eigenvalue weighted by atomic mass is 35.5. The van der Waals surface area contributed by atoms with Gasteiger partial charge in [-0.25, -0.2) is 0 Å². The van der Waals surface area contributed by atoms with Crippen molar-refractivity contribution in [1.82, 2.24) is 0 Å². The van der Waals surface area contributed by atoms with Gasteiger partial charge >= 0.3 is 0 Å². The summed E-state index contributed by atoms with van der Waals surface area (Å²) in [6.07, 6.45) is 0.892. The summed E-state index contributed by atoms with van der Waals surface area (Å²) >= 11 is 6.01. The molecule has 1 rings (SSSR count). The molecule has 0 aliphatic rings. The lowest BCUT2D eigenvalue weighted by atomic mass is 10.1. The van der Waals surface area contributed by atoms with E-state index < -0.39 is 0 Å². The van der Waals surface area contributed by atoms with Gasteiger partial charge in [0.05, 0.1) is 0 Å². The average molecular weight is 227 g/mol. The molecule has 1 aromatic rings. The fraction of sp³-hybridized carbons (Fsp3) is 0.500. The molecule has 2 nitrogen and oxygen atoms in total. The first kappa shape index (κ1) is 12.3. The lowest BCUT2D eigenvalue weighted by Gasteiger charge is -2.26. The van der Waals surface area contributed by atoms with E-state index in [1.165, 1.54) is 11.3 Å². The minimum absolute atomic E-state index is 0.458. The first-order chi connectivity index (χ1) is 7.06. The molecule has 0 saturated heterocycles. The number of rotatable bonds is 4. The molecule has 3 heteroatoms. The number of hydrogen-bond acceptors (Lipinski definition) is 2.